The van der Waals surface area contributed by atoms with Crippen molar-refractivity contribution in [3.8, 4) is 0 Å². The van der Waals surface area contributed by atoms with Crippen LogP contribution in [0.2, 0.25) is 0 Å². The number of carboxylic acids is 2. The van der Waals surface area contributed by atoms with Crippen molar-refractivity contribution in [2.75, 3.05) is 11.9 Å². The Morgan fingerprint density at radius 3 is 2.15 bits per heavy atom. The zero-order valence-electron chi connectivity index (χ0n) is 14.9. The van der Waals surface area contributed by atoms with Crippen molar-refractivity contribution in [1.29, 1.82) is 0 Å². The van der Waals surface area contributed by atoms with Crippen LogP contribution in [0.1, 0.15) is 12.5 Å². The molecule has 0 saturated carbocycles. The highest BCUT2D eigenvalue weighted by molar-refractivity contribution is 5.92. The Balaban J connectivity index is 0.000000208. The molecule has 0 saturated heterocycles. The molecule has 0 aliphatic heterocycles. The van der Waals surface area contributed by atoms with E-state index in [9.17, 15) is 9.59 Å². The Bertz CT molecular complexity index is 918. The van der Waals surface area contributed by atoms with Crippen molar-refractivity contribution in [3.63, 3.8) is 0 Å². The van der Waals surface area contributed by atoms with Gasteiger partial charge in [0.2, 0.25) is 0 Å². The Labute approximate surface area is 157 Å². The van der Waals surface area contributed by atoms with Gasteiger partial charge in [-0.1, -0.05) is 60.7 Å². The molecule has 0 fully saturated rings. The first-order valence-electron chi connectivity index (χ1n) is 8.33. The molecule has 0 heterocycles. The van der Waals surface area contributed by atoms with E-state index in [4.69, 9.17) is 15.9 Å². The highest BCUT2D eigenvalue weighted by Crippen LogP contribution is 2.26. The number of hydrogen-bond donors (Lipinski definition) is 4. The number of nitrogens with two attached hydrogens (primary N) is 1. The summed E-state index contributed by atoms with van der Waals surface area (Å²) < 4.78 is 0. The zero-order valence-corrected chi connectivity index (χ0v) is 14.9. The van der Waals surface area contributed by atoms with E-state index in [1.807, 2.05) is 66.7 Å². The molecule has 5 N–H and O–H groups in total. The third-order valence-electron chi connectivity index (χ3n) is 4.01. The van der Waals surface area contributed by atoms with Crippen molar-refractivity contribution >= 4 is 28.4 Å². The van der Waals surface area contributed by atoms with Gasteiger partial charge in [-0.3, -0.25) is 4.79 Å². The van der Waals surface area contributed by atoms with Gasteiger partial charge in [-0.2, -0.15) is 0 Å². The zero-order chi connectivity index (χ0) is 19.9. The molecule has 3 aromatic carbocycles. The van der Waals surface area contributed by atoms with E-state index in [-0.39, 0.29) is 6.54 Å². The van der Waals surface area contributed by atoms with Gasteiger partial charge in [0.25, 0.3) is 0 Å². The maximum atomic E-state index is 11.1. The minimum absolute atomic E-state index is 0.0377. The van der Waals surface area contributed by atoms with Crippen molar-refractivity contribution in [1.82, 2.24) is 0 Å². The molecule has 0 radical (unpaired) electrons. The molecule has 3 rings (SSSR count). The molecule has 140 valence electrons. The Hall–Kier alpha value is -3.38. The standard InChI is InChI=1S/C13H13NO2.C8H9NO2/c1-13(14,12(15)16)11-8-4-6-9-5-2-3-7-10(9)11;10-8(11)6-9-7-4-2-1-3-5-7/h2-8H,14H2,1H3,(H,15,16);1-5,9H,6H2,(H,10,11). The number of carboxylic acid groups (broad SMARTS) is 2. The van der Waals surface area contributed by atoms with Crippen LogP contribution in [-0.2, 0) is 15.1 Å². The van der Waals surface area contributed by atoms with E-state index in [1.165, 1.54) is 6.92 Å². The van der Waals surface area contributed by atoms with Crippen LogP contribution in [0.25, 0.3) is 10.8 Å². The first kappa shape index (κ1) is 19.9. The molecule has 0 bridgehead atoms. The van der Waals surface area contributed by atoms with Crippen LogP contribution < -0.4 is 11.1 Å². The average molecular weight is 366 g/mol. The third-order valence-corrected chi connectivity index (χ3v) is 4.01. The molecule has 6 heteroatoms. The highest BCUT2D eigenvalue weighted by Gasteiger charge is 2.31. The molecule has 0 aliphatic rings. The summed E-state index contributed by atoms with van der Waals surface area (Å²) in [7, 11) is 0. The van der Waals surface area contributed by atoms with E-state index < -0.39 is 17.5 Å². The predicted octanol–water partition coefficient (Wildman–Crippen LogP) is 3.28. The predicted molar refractivity (Wildman–Crippen MR) is 106 cm³/mol. The van der Waals surface area contributed by atoms with Crippen molar-refractivity contribution in [2.24, 2.45) is 5.73 Å². The molecule has 1 atom stereocenters. The highest BCUT2D eigenvalue weighted by atomic mass is 16.4. The number of anilines is 1. The van der Waals surface area contributed by atoms with E-state index >= 15 is 0 Å². The first-order chi connectivity index (χ1) is 12.8. The normalized spacial score (nSPS) is 12.4. The minimum atomic E-state index is -1.36. The van der Waals surface area contributed by atoms with Crippen LogP contribution in [0.5, 0.6) is 0 Å². The lowest BCUT2D eigenvalue weighted by Gasteiger charge is -2.21. The van der Waals surface area contributed by atoms with Gasteiger partial charge >= 0.3 is 11.9 Å². The topological polar surface area (TPSA) is 113 Å². The lowest BCUT2D eigenvalue weighted by Crippen LogP contribution is -2.41. The maximum Gasteiger partial charge on any atom is 0.328 e. The van der Waals surface area contributed by atoms with Gasteiger partial charge < -0.3 is 21.3 Å². The number of aliphatic carboxylic acids is 2. The van der Waals surface area contributed by atoms with Crippen LogP contribution in [-0.4, -0.2) is 28.7 Å². The summed E-state index contributed by atoms with van der Waals surface area (Å²) in [4.78, 5) is 21.3. The molecule has 6 nitrogen and oxygen atoms in total. The molecular weight excluding hydrogens is 344 g/mol. The molecule has 1 unspecified atom stereocenters. The summed E-state index contributed by atoms with van der Waals surface area (Å²) in [6.07, 6.45) is 0. The SMILES string of the molecule is CC(N)(C(=O)O)c1cccc2ccccc12.O=C(O)CNc1ccccc1. The molecule has 27 heavy (non-hydrogen) atoms. The van der Waals surface area contributed by atoms with Gasteiger partial charge in [0.1, 0.15) is 12.1 Å². The second kappa shape index (κ2) is 8.82. The molecule has 3 aromatic rings. The third kappa shape index (κ3) is 5.29. The second-order valence-electron chi connectivity index (χ2n) is 6.15. The monoisotopic (exact) mass is 366 g/mol. The van der Waals surface area contributed by atoms with Gasteiger partial charge in [0, 0.05) is 5.69 Å². The minimum Gasteiger partial charge on any atom is -0.480 e. The molecule has 0 amide bonds. The van der Waals surface area contributed by atoms with E-state index in [0.29, 0.717) is 5.56 Å². The van der Waals surface area contributed by atoms with Crippen LogP contribution in [0, 0.1) is 0 Å². The van der Waals surface area contributed by atoms with Crippen LogP contribution in [0.15, 0.2) is 72.8 Å². The Morgan fingerprint density at radius 1 is 0.926 bits per heavy atom. The molecule has 0 aliphatic carbocycles. The lowest BCUT2D eigenvalue weighted by molar-refractivity contribution is -0.143. The van der Waals surface area contributed by atoms with Gasteiger partial charge in [0.15, 0.2) is 0 Å². The fourth-order valence-electron chi connectivity index (χ4n) is 2.53. The number of benzene rings is 3. The van der Waals surface area contributed by atoms with Crippen molar-refractivity contribution in [3.05, 3.63) is 78.4 Å². The second-order valence-corrected chi connectivity index (χ2v) is 6.15. The van der Waals surface area contributed by atoms with Crippen molar-refractivity contribution < 1.29 is 19.8 Å². The van der Waals surface area contributed by atoms with Gasteiger partial charge in [0.05, 0.1) is 0 Å². The summed E-state index contributed by atoms with van der Waals surface area (Å²) in [6.45, 7) is 1.47. The summed E-state index contributed by atoms with van der Waals surface area (Å²) in [5, 5.41) is 22.1. The fraction of sp³-hybridized carbons (Fsp3) is 0.143. The summed E-state index contributed by atoms with van der Waals surface area (Å²) in [5.74, 6) is -1.88. The first-order valence-corrected chi connectivity index (χ1v) is 8.33. The Morgan fingerprint density at radius 2 is 1.52 bits per heavy atom. The van der Waals surface area contributed by atoms with Crippen molar-refractivity contribution in [2.45, 2.75) is 12.5 Å². The lowest BCUT2D eigenvalue weighted by atomic mass is 9.89. The summed E-state index contributed by atoms with van der Waals surface area (Å²) in [6, 6.07) is 22.4. The largest absolute Gasteiger partial charge is 0.480 e. The summed E-state index contributed by atoms with van der Waals surface area (Å²) >= 11 is 0. The van der Waals surface area contributed by atoms with Crippen LogP contribution >= 0.6 is 0 Å². The van der Waals surface area contributed by atoms with Crippen LogP contribution in [0.3, 0.4) is 0 Å². The number of nitrogens with one attached hydrogen (secondary N) is 1. The van der Waals surface area contributed by atoms with Gasteiger partial charge in [-0.25, -0.2) is 4.79 Å². The Kier molecular flexibility index (Phi) is 6.51. The van der Waals surface area contributed by atoms with E-state index in [0.717, 1.165) is 16.5 Å². The van der Waals surface area contributed by atoms with Crippen LogP contribution in [0.4, 0.5) is 5.69 Å². The number of rotatable bonds is 5. The van der Waals surface area contributed by atoms with Gasteiger partial charge in [-0.05, 0) is 35.4 Å². The van der Waals surface area contributed by atoms with E-state index in [2.05, 4.69) is 5.32 Å². The smallest absolute Gasteiger partial charge is 0.328 e. The number of para-hydroxylation sites is 1. The van der Waals surface area contributed by atoms with E-state index in [1.54, 1.807) is 6.07 Å². The summed E-state index contributed by atoms with van der Waals surface area (Å²) in [5.41, 5.74) is 5.95. The quantitative estimate of drug-likeness (QED) is 0.551. The number of fused-ring (bicyclic) bond motifs is 1. The maximum absolute atomic E-state index is 11.1. The molecular formula is C21H22N2O4. The number of hydrogen-bond acceptors (Lipinski definition) is 4. The van der Waals surface area contributed by atoms with Gasteiger partial charge in [-0.15, -0.1) is 0 Å². The fourth-order valence-corrected chi connectivity index (χ4v) is 2.53. The molecule has 0 spiro atoms. The molecule has 0 aromatic heterocycles. The number of carbonyl (C=O) groups is 2. The average Bonchev–Trinajstić information content (AvgIpc) is 2.67.